The normalized spacial score (nSPS) is 29.6. The molecule has 2 fully saturated rings. The van der Waals surface area contributed by atoms with Crippen LogP contribution >= 0.6 is 11.6 Å². The maximum absolute atomic E-state index is 13.1. The molecule has 3 heterocycles. The number of hydrogen-bond acceptors (Lipinski definition) is 4. The number of aromatic nitrogens is 2. The maximum Gasteiger partial charge on any atom is 0.289 e. The molecule has 2 aliphatic rings. The van der Waals surface area contributed by atoms with Crippen LogP contribution < -0.4 is 10.6 Å². The Balaban J connectivity index is 1.69. The molecule has 2 aliphatic heterocycles. The summed E-state index contributed by atoms with van der Waals surface area (Å²) in [5.74, 6) is -1.51. The second kappa shape index (κ2) is 4.44. The molecular formula is C11H12ClFN4O. The summed E-state index contributed by atoms with van der Waals surface area (Å²) in [5.41, 5.74) is 0. The van der Waals surface area contributed by atoms with Crippen molar-refractivity contribution in [1.29, 1.82) is 0 Å². The minimum atomic E-state index is -0.872. The molecule has 3 atom stereocenters. The first-order valence-corrected chi connectivity index (χ1v) is 6.26. The Hall–Kier alpha value is -1.27. The number of amides is 1. The van der Waals surface area contributed by atoms with Crippen LogP contribution in [0.25, 0.3) is 0 Å². The summed E-state index contributed by atoms with van der Waals surface area (Å²) in [6, 6.07) is 0.887. The summed E-state index contributed by atoms with van der Waals surface area (Å²) in [5, 5.41) is 6.05. The number of halogens is 2. The summed E-state index contributed by atoms with van der Waals surface area (Å²) >= 11 is 5.47. The molecule has 0 aliphatic carbocycles. The molecular weight excluding hydrogens is 259 g/mol. The molecule has 1 aromatic heterocycles. The van der Waals surface area contributed by atoms with Crippen molar-refractivity contribution in [1.82, 2.24) is 20.6 Å². The van der Waals surface area contributed by atoms with Crippen LogP contribution in [0.3, 0.4) is 0 Å². The van der Waals surface area contributed by atoms with Crippen molar-refractivity contribution in [2.24, 2.45) is 0 Å². The fourth-order valence-corrected chi connectivity index (χ4v) is 2.76. The monoisotopic (exact) mass is 270 g/mol. The highest BCUT2D eigenvalue weighted by Crippen LogP contribution is 2.28. The number of carbonyl (C=O) groups is 1. The molecule has 0 spiro atoms. The van der Waals surface area contributed by atoms with Crippen LogP contribution in [-0.2, 0) is 0 Å². The molecule has 5 nitrogen and oxygen atoms in total. The SMILES string of the molecule is O=C(N[C@@H]1C[C@H]2CC[C@@H]1N2)c1ncc(Cl)c(F)n1. The van der Waals surface area contributed by atoms with Crippen molar-refractivity contribution in [3.63, 3.8) is 0 Å². The average Bonchev–Trinajstić information content (AvgIpc) is 2.94. The Morgan fingerprint density at radius 2 is 2.39 bits per heavy atom. The van der Waals surface area contributed by atoms with E-state index in [4.69, 9.17) is 11.6 Å². The van der Waals surface area contributed by atoms with E-state index in [9.17, 15) is 9.18 Å². The first-order valence-electron chi connectivity index (χ1n) is 5.88. The second-order valence-electron chi connectivity index (χ2n) is 4.70. The van der Waals surface area contributed by atoms with Gasteiger partial charge in [-0.1, -0.05) is 11.6 Å². The van der Waals surface area contributed by atoms with Gasteiger partial charge in [-0.25, -0.2) is 4.98 Å². The van der Waals surface area contributed by atoms with Gasteiger partial charge in [-0.05, 0) is 19.3 Å². The summed E-state index contributed by atoms with van der Waals surface area (Å²) in [6.07, 6.45) is 4.22. The van der Waals surface area contributed by atoms with Crippen LogP contribution in [0.1, 0.15) is 29.9 Å². The zero-order valence-electron chi connectivity index (χ0n) is 9.49. The summed E-state index contributed by atoms with van der Waals surface area (Å²) in [4.78, 5) is 19.0. The highest BCUT2D eigenvalue weighted by atomic mass is 35.5. The van der Waals surface area contributed by atoms with Crippen molar-refractivity contribution in [2.75, 3.05) is 0 Å². The van der Waals surface area contributed by atoms with Crippen LogP contribution in [-0.4, -0.2) is 34.0 Å². The van der Waals surface area contributed by atoms with Gasteiger partial charge in [0.2, 0.25) is 11.8 Å². The smallest absolute Gasteiger partial charge is 0.289 e. The highest BCUT2D eigenvalue weighted by molar-refractivity contribution is 6.30. The van der Waals surface area contributed by atoms with Crippen LogP contribution in [0.4, 0.5) is 4.39 Å². The van der Waals surface area contributed by atoms with Gasteiger partial charge in [0.15, 0.2) is 0 Å². The Morgan fingerprint density at radius 1 is 1.56 bits per heavy atom. The van der Waals surface area contributed by atoms with Gasteiger partial charge < -0.3 is 10.6 Å². The van der Waals surface area contributed by atoms with Gasteiger partial charge in [0.1, 0.15) is 5.02 Å². The van der Waals surface area contributed by atoms with E-state index in [1.807, 2.05) is 0 Å². The largest absolute Gasteiger partial charge is 0.345 e. The molecule has 96 valence electrons. The van der Waals surface area contributed by atoms with Gasteiger partial charge in [0.25, 0.3) is 5.91 Å². The lowest BCUT2D eigenvalue weighted by Gasteiger charge is -2.20. The lowest BCUT2D eigenvalue weighted by atomic mass is 9.95. The van der Waals surface area contributed by atoms with Crippen LogP contribution in [0.15, 0.2) is 6.20 Å². The topological polar surface area (TPSA) is 66.9 Å². The molecule has 3 rings (SSSR count). The maximum atomic E-state index is 13.1. The summed E-state index contributed by atoms with van der Waals surface area (Å²) in [6.45, 7) is 0. The van der Waals surface area contributed by atoms with E-state index in [0.29, 0.717) is 12.1 Å². The van der Waals surface area contributed by atoms with Crippen LogP contribution in [0.5, 0.6) is 0 Å². The zero-order valence-corrected chi connectivity index (χ0v) is 10.2. The standard InChI is InChI=1S/C11H12ClFN4O/c12-6-4-14-10(17-9(6)13)11(18)16-8-3-5-1-2-7(8)15-5/h4-5,7-8,15H,1-3H2,(H,16,18)/t5-,7+,8-/m1/s1. The number of nitrogens with zero attached hydrogens (tertiary/aromatic N) is 2. The van der Waals surface area contributed by atoms with Gasteiger partial charge in [-0.3, -0.25) is 4.79 Å². The predicted octanol–water partition coefficient (Wildman–Crippen LogP) is 0.892. The fraction of sp³-hybridized carbons (Fsp3) is 0.545. The first kappa shape index (κ1) is 11.8. The Kier molecular flexibility index (Phi) is 2.91. The number of hydrogen-bond donors (Lipinski definition) is 2. The molecule has 0 aromatic carbocycles. The number of nitrogens with one attached hydrogen (secondary N) is 2. The van der Waals surface area contributed by atoms with Gasteiger partial charge in [-0.15, -0.1) is 0 Å². The summed E-state index contributed by atoms with van der Waals surface area (Å²) in [7, 11) is 0. The molecule has 2 saturated heterocycles. The fourth-order valence-electron chi connectivity index (χ4n) is 2.67. The molecule has 1 aromatic rings. The molecule has 2 N–H and O–H groups in total. The van der Waals surface area contributed by atoms with E-state index in [-0.39, 0.29) is 16.9 Å². The Labute approximate surface area is 108 Å². The molecule has 18 heavy (non-hydrogen) atoms. The van der Waals surface area contributed by atoms with Crippen molar-refractivity contribution >= 4 is 17.5 Å². The van der Waals surface area contributed by atoms with Crippen molar-refractivity contribution in [3.05, 3.63) is 23.0 Å². The minimum absolute atomic E-state index is 0.0820. The van der Waals surface area contributed by atoms with E-state index in [0.717, 1.165) is 25.5 Å². The van der Waals surface area contributed by atoms with E-state index in [2.05, 4.69) is 20.6 Å². The number of carbonyl (C=O) groups excluding carboxylic acids is 1. The molecule has 0 radical (unpaired) electrons. The van der Waals surface area contributed by atoms with Crippen molar-refractivity contribution < 1.29 is 9.18 Å². The van der Waals surface area contributed by atoms with E-state index >= 15 is 0 Å². The van der Waals surface area contributed by atoms with Gasteiger partial charge in [-0.2, -0.15) is 9.37 Å². The first-order chi connectivity index (χ1) is 8.63. The van der Waals surface area contributed by atoms with E-state index < -0.39 is 11.9 Å². The Morgan fingerprint density at radius 3 is 3.00 bits per heavy atom. The Bertz CT molecular complexity index is 498. The van der Waals surface area contributed by atoms with Crippen LogP contribution in [0.2, 0.25) is 5.02 Å². The van der Waals surface area contributed by atoms with Crippen molar-refractivity contribution in [3.8, 4) is 0 Å². The highest BCUT2D eigenvalue weighted by Gasteiger charge is 2.39. The van der Waals surface area contributed by atoms with E-state index in [1.165, 1.54) is 0 Å². The number of rotatable bonds is 2. The minimum Gasteiger partial charge on any atom is -0.345 e. The second-order valence-corrected chi connectivity index (χ2v) is 5.10. The molecule has 7 heteroatoms. The lowest BCUT2D eigenvalue weighted by molar-refractivity contribution is 0.0919. The van der Waals surface area contributed by atoms with Gasteiger partial charge in [0.05, 0.1) is 6.20 Å². The molecule has 1 amide bonds. The summed E-state index contributed by atoms with van der Waals surface area (Å²) < 4.78 is 13.1. The zero-order chi connectivity index (χ0) is 12.7. The van der Waals surface area contributed by atoms with Gasteiger partial charge >= 0.3 is 0 Å². The lowest BCUT2D eigenvalue weighted by Crippen LogP contribution is -2.43. The van der Waals surface area contributed by atoms with Crippen LogP contribution in [0, 0.1) is 5.95 Å². The van der Waals surface area contributed by atoms with Gasteiger partial charge in [0, 0.05) is 18.1 Å². The third kappa shape index (κ3) is 2.06. The average molecular weight is 271 g/mol. The third-order valence-corrected chi connectivity index (χ3v) is 3.77. The van der Waals surface area contributed by atoms with E-state index in [1.54, 1.807) is 0 Å². The third-order valence-electron chi connectivity index (χ3n) is 3.52. The quantitative estimate of drug-likeness (QED) is 0.784. The molecule has 0 saturated carbocycles. The number of fused-ring (bicyclic) bond motifs is 2. The molecule has 2 bridgehead atoms. The molecule has 0 unspecified atom stereocenters. The van der Waals surface area contributed by atoms with Crippen molar-refractivity contribution in [2.45, 2.75) is 37.4 Å². The predicted molar refractivity (Wildman–Crippen MR) is 62.8 cm³/mol.